The average molecular weight is 441 g/mol. The van der Waals surface area contributed by atoms with Crippen LogP contribution in [-0.2, 0) is 13.1 Å². The Morgan fingerprint density at radius 3 is 2.50 bits per heavy atom. The second-order valence-corrected chi connectivity index (χ2v) is 8.17. The maximum Gasteiger partial charge on any atom is 0.291 e. The van der Waals surface area contributed by atoms with E-state index in [1.54, 1.807) is 28.5 Å². The van der Waals surface area contributed by atoms with E-state index < -0.39 is 0 Å². The third kappa shape index (κ3) is 4.35. The van der Waals surface area contributed by atoms with Gasteiger partial charge in [-0.3, -0.25) is 4.79 Å². The Balaban J connectivity index is 1.30. The number of nitrogens with zero attached hydrogens (tertiary/aromatic N) is 5. The van der Waals surface area contributed by atoms with E-state index in [-0.39, 0.29) is 11.7 Å². The van der Waals surface area contributed by atoms with E-state index in [1.165, 1.54) is 5.56 Å². The standard InChI is InChI=1S/C24H20N6OS/c31-24(26-15-18-8-10-19(11-9-18)16-29-13-12-25-17-29)22-27-23(21-7-4-14-32-21)30(28-22)20-5-2-1-3-6-20/h1-14,17H,15-16H2,(H,26,31). The van der Waals surface area contributed by atoms with Gasteiger partial charge in [-0.15, -0.1) is 16.4 Å². The number of aromatic nitrogens is 5. The lowest BCUT2D eigenvalue weighted by Gasteiger charge is -2.06. The predicted molar refractivity (Wildman–Crippen MR) is 124 cm³/mol. The molecular weight excluding hydrogens is 420 g/mol. The lowest BCUT2D eigenvalue weighted by atomic mass is 10.1. The second kappa shape index (κ2) is 8.99. The number of amides is 1. The SMILES string of the molecule is O=C(NCc1ccc(Cn2ccnc2)cc1)c1nc(-c2cccs2)n(-c2ccccc2)n1. The number of imidazole rings is 1. The lowest BCUT2D eigenvalue weighted by molar-refractivity contribution is 0.0940. The molecule has 0 atom stereocenters. The zero-order valence-corrected chi connectivity index (χ0v) is 17.9. The molecule has 5 rings (SSSR count). The van der Waals surface area contributed by atoms with Gasteiger partial charge < -0.3 is 9.88 Å². The molecule has 5 aromatic rings. The molecule has 0 saturated carbocycles. The van der Waals surface area contributed by atoms with Crippen molar-refractivity contribution >= 4 is 17.2 Å². The van der Waals surface area contributed by atoms with Crippen molar-refractivity contribution in [1.29, 1.82) is 0 Å². The van der Waals surface area contributed by atoms with Crippen molar-refractivity contribution < 1.29 is 4.79 Å². The van der Waals surface area contributed by atoms with Gasteiger partial charge in [-0.25, -0.2) is 14.6 Å². The summed E-state index contributed by atoms with van der Waals surface area (Å²) < 4.78 is 3.72. The van der Waals surface area contributed by atoms with Gasteiger partial charge >= 0.3 is 0 Å². The highest BCUT2D eigenvalue weighted by Crippen LogP contribution is 2.25. The third-order valence-electron chi connectivity index (χ3n) is 4.95. The highest BCUT2D eigenvalue weighted by molar-refractivity contribution is 7.13. The van der Waals surface area contributed by atoms with E-state index in [4.69, 9.17) is 0 Å². The number of hydrogen-bond donors (Lipinski definition) is 1. The molecule has 0 aliphatic heterocycles. The van der Waals surface area contributed by atoms with Crippen molar-refractivity contribution in [2.45, 2.75) is 13.1 Å². The van der Waals surface area contributed by atoms with E-state index in [9.17, 15) is 4.79 Å². The van der Waals surface area contributed by atoms with E-state index in [0.717, 1.165) is 22.7 Å². The van der Waals surface area contributed by atoms with Gasteiger partial charge in [-0.1, -0.05) is 48.5 Å². The molecule has 0 aliphatic carbocycles. The molecule has 0 fully saturated rings. The summed E-state index contributed by atoms with van der Waals surface area (Å²) in [6.07, 6.45) is 5.49. The zero-order valence-electron chi connectivity index (χ0n) is 17.1. The first-order valence-electron chi connectivity index (χ1n) is 10.1. The molecule has 1 N–H and O–H groups in total. The summed E-state index contributed by atoms with van der Waals surface area (Å²) in [6.45, 7) is 1.16. The van der Waals surface area contributed by atoms with Crippen LogP contribution in [0.25, 0.3) is 16.4 Å². The molecule has 0 saturated heterocycles. The molecular formula is C24H20N6OS. The number of thiophene rings is 1. The molecule has 3 aromatic heterocycles. The molecule has 158 valence electrons. The number of hydrogen-bond acceptors (Lipinski definition) is 5. The highest BCUT2D eigenvalue weighted by atomic mass is 32.1. The molecule has 32 heavy (non-hydrogen) atoms. The Kier molecular flexibility index (Phi) is 5.59. The first kappa shape index (κ1) is 19.9. The fraction of sp³-hybridized carbons (Fsp3) is 0.0833. The van der Waals surface area contributed by atoms with Gasteiger partial charge in [0, 0.05) is 25.5 Å². The number of benzene rings is 2. The summed E-state index contributed by atoms with van der Waals surface area (Å²) in [5.74, 6) is 0.495. The Morgan fingerprint density at radius 2 is 1.78 bits per heavy atom. The Labute approximate surface area is 189 Å². The number of para-hydroxylation sites is 1. The van der Waals surface area contributed by atoms with Crippen LogP contribution in [0.2, 0.25) is 0 Å². The molecule has 0 bridgehead atoms. The minimum Gasteiger partial charge on any atom is -0.345 e. The number of carbonyl (C=O) groups excluding carboxylic acids is 1. The van der Waals surface area contributed by atoms with Crippen LogP contribution in [-0.4, -0.2) is 30.2 Å². The lowest BCUT2D eigenvalue weighted by Crippen LogP contribution is -2.24. The maximum atomic E-state index is 12.8. The Bertz CT molecular complexity index is 1290. The van der Waals surface area contributed by atoms with Crippen LogP contribution < -0.4 is 5.32 Å². The van der Waals surface area contributed by atoms with Crippen LogP contribution in [0.5, 0.6) is 0 Å². The molecule has 1 amide bonds. The quantitative estimate of drug-likeness (QED) is 0.412. The topological polar surface area (TPSA) is 77.6 Å². The summed E-state index contributed by atoms with van der Waals surface area (Å²) in [4.78, 5) is 22.4. The van der Waals surface area contributed by atoms with Crippen molar-refractivity contribution in [2.75, 3.05) is 0 Å². The molecule has 0 spiro atoms. The molecule has 3 heterocycles. The summed E-state index contributed by atoms with van der Waals surface area (Å²) in [5, 5.41) is 9.41. The zero-order chi connectivity index (χ0) is 21.8. The van der Waals surface area contributed by atoms with Crippen molar-refractivity contribution in [3.63, 3.8) is 0 Å². The first-order chi connectivity index (χ1) is 15.8. The van der Waals surface area contributed by atoms with Crippen molar-refractivity contribution in [1.82, 2.24) is 29.6 Å². The van der Waals surface area contributed by atoms with Crippen molar-refractivity contribution in [2.24, 2.45) is 0 Å². The maximum absolute atomic E-state index is 12.8. The molecule has 2 aromatic carbocycles. The van der Waals surface area contributed by atoms with Gasteiger partial charge in [0.05, 0.1) is 16.9 Å². The second-order valence-electron chi connectivity index (χ2n) is 7.22. The fourth-order valence-electron chi connectivity index (χ4n) is 3.34. The van der Waals surface area contributed by atoms with Crippen LogP contribution in [0, 0.1) is 0 Å². The molecule has 0 aliphatic rings. The number of nitrogens with one attached hydrogen (secondary N) is 1. The Morgan fingerprint density at radius 1 is 0.969 bits per heavy atom. The fourth-order valence-corrected chi connectivity index (χ4v) is 4.04. The molecule has 0 radical (unpaired) electrons. The van der Waals surface area contributed by atoms with Gasteiger partial charge in [0.15, 0.2) is 5.82 Å². The predicted octanol–water partition coefficient (Wildman–Crippen LogP) is 4.17. The monoisotopic (exact) mass is 440 g/mol. The van der Waals surface area contributed by atoms with Gasteiger partial charge in [0.2, 0.25) is 5.82 Å². The minimum atomic E-state index is -0.306. The van der Waals surface area contributed by atoms with Crippen LogP contribution in [0.15, 0.2) is 90.8 Å². The van der Waals surface area contributed by atoms with Gasteiger partial charge in [-0.2, -0.15) is 0 Å². The van der Waals surface area contributed by atoms with Crippen LogP contribution >= 0.6 is 11.3 Å². The molecule has 8 heteroatoms. The van der Waals surface area contributed by atoms with Crippen molar-refractivity contribution in [3.05, 3.63) is 108 Å². The Hall–Kier alpha value is -4.04. The van der Waals surface area contributed by atoms with E-state index >= 15 is 0 Å². The summed E-state index contributed by atoms with van der Waals surface area (Å²) >= 11 is 1.56. The summed E-state index contributed by atoms with van der Waals surface area (Å²) in [6, 6.07) is 21.8. The first-order valence-corrected chi connectivity index (χ1v) is 11.0. The normalized spacial score (nSPS) is 10.9. The summed E-state index contributed by atoms with van der Waals surface area (Å²) in [7, 11) is 0. The van der Waals surface area contributed by atoms with E-state index in [2.05, 4.69) is 32.5 Å². The van der Waals surface area contributed by atoms with Gasteiger partial charge in [0.1, 0.15) is 0 Å². The largest absolute Gasteiger partial charge is 0.345 e. The molecule has 7 nitrogen and oxygen atoms in total. The van der Waals surface area contributed by atoms with Crippen LogP contribution in [0.4, 0.5) is 0 Å². The van der Waals surface area contributed by atoms with Gasteiger partial charge in [0.25, 0.3) is 5.91 Å². The highest BCUT2D eigenvalue weighted by Gasteiger charge is 2.19. The minimum absolute atomic E-state index is 0.147. The van der Waals surface area contributed by atoms with Crippen LogP contribution in [0.3, 0.4) is 0 Å². The van der Waals surface area contributed by atoms with Crippen molar-refractivity contribution in [3.8, 4) is 16.4 Å². The van der Waals surface area contributed by atoms with E-state index in [1.807, 2.05) is 70.7 Å². The van der Waals surface area contributed by atoms with Gasteiger partial charge in [-0.05, 0) is 34.7 Å². The molecule has 0 unspecified atom stereocenters. The number of rotatable bonds is 7. The van der Waals surface area contributed by atoms with Crippen LogP contribution in [0.1, 0.15) is 21.7 Å². The van der Waals surface area contributed by atoms with E-state index in [0.29, 0.717) is 12.4 Å². The number of carbonyl (C=O) groups is 1. The summed E-state index contributed by atoms with van der Waals surface area (Å²) in [5.41, 5.74) is 3.03. The average Bonchev–Trinajstić information content (AvgIpc) is 3.60. The third-order valence-corrected chi connectivity index (χ3v) is 5.82. The smallest absolute Gasteiger partial charge is 0.291 e.